The fraction of sp³-hybridized carbons (Fsp3) is 0. The molecule has 1 aromatic carbocycles. The number of phenolic OH excluding ortho intramolecular Hbond substituents is 1. The van der Waals surface area contributed by atoms with Crippen LogP contribution in [0.5, 0.6) is 5.75 Å². The van der Waals surface area contributed by atoms with E-state index in [1.165, 1.54) is 6.07 Å². The van der Waals surface area contributed by atoms with E-state index in [0.29, 0.717) is 15.5 Å². The van der Waals surface area contributed by atoms with Gasteiger partial charge in [0.05, 0.1) is 4.47 Å². The summed E-state index contributed by atoms with van der Waals surface area (Å²) in [5.74, 6) is 0.133. The first-order valence-electron chi connectivity index (χ1n) is 2.89. The second-order valence-corrected chi connectivity index (χ2v) is 2.82. The van der Waals surface area contributed by atoms with Crippen LogP contribution in [0.15, 0.2) is 21.2 Å². The van der Waals surface area contributed by atoms with E-state index >= 15 is 0 Å². The molecule has 2 aromatic rings. The molecule has 0 aliphatic rings. The average Bonchev–Trinajstić information content (AvgIpc) is 2.45. The van der Waals surface area contributed by atoms with Crippen molar-refractivity contribution in [1.29, 1.82) is 0 Å². The number of hydrogen-bond donors (Lipinski definition) is 1. The topological polar surface area (TPSA) is 59.2 Å². The monoisotopic (exact) mass is 214 g/mol. The summed E-state index contributed by atoms with van der Waals surface area (Å²) in [5, 5.41) is 16.4. The van der Waals surface area contributed by atoms with Gasteiger partial charge in [0.15, 0.2) is 5.52 Å². The Balaban J connectivity index is 2.93. The molecule has 0 spiro atoms. The summed E-state index contributed by atoms with van der Waals surface area (Å²) in [7, 11) is 0. The number of hydrogen-bond acceptors (Lipinski definition) is 4. The number of fused-ring (bicyclic) bond motifs is 1. The molecule has 0 saturated heterocycles. The van der Waals surface area contributed by atoms with Crippen molar-refractivity contribution in [2.75, 3.05) is 0 Å². The van der Waals surface area contributed by atoms with Crippen LogP contribution in [0, 0.1) is 0 Å². The molecule has 0 aliphatic heterocycles. The predicted octanol–water partition coefficient (Wildman–Crippen LogP) is 1.69. The zero-order valence-electron chi connectivity index (χ0n) is 5.28. The van der Waals surface area contributed by atoms with Crippen LogP contribution in [0.3, 0.4) is 0 Å². The minimum atomic E-state index is 0.133. The normalized spacial score (nSPS) is 10.6. The molecule has 0 aliphatic carbocycles. The number of nitrogens with zero attached hydrogens (tertiary/aromatic N) is 2. The van der Waals surface area contributed by atoms with Crippen LogP contribution in [0.25, 0.3) is 11.0 Å². The zero-order chi connectivity index (χ0) is 7.84. The Morgan fingerprint density at radius 3 is 3.00 bits per heavy atom. The molecule has 5 heteroatoms. The highest BCUT2D eigenvalue weighted by atomic mass is 79.9. The Morgan fingerprint density at radius 2 is 2.18 bits per heavy atom. The van der Waals surface area contributed by atoms with Crippen molar-refractivity contribution in [3.05, 3.63) is 16.6 Å². The SMILES string of the molecule is Oc1ccc2nonc2c1Br. The standard InChI is InChI=1S/C6H3BrN2O2/c7-5-4(10)2-1-3-6(5)9-11-8-3/h1-2,10H. The fourth-order valence-corrected chi connectivity index (χ4v) is 1.22. The number of benzene rings is 1. The van der Waals surface area contributed by atoms with Crippen molar-refractivity contribution < 1.29 is 9.74 Å². The van der Waals surface area contributed by atoms with Crippen LogP contribution >= 0.6 is 15.9 Å². The Labute approximate surface area is 69.9 Å². The lowest BCUT2D eigenvalue weighted by atomic mass is 10.3. The smallest absolute Gasteiger partial charge is 0.153 e. The molecule has 2 rings (SSSR count). The maximum atomic E-state index is 9.18. The Bertz CT molecular complexity index is 398. The number of rotatable bonds is 0. The van der Waals surface area contributed by atoms with Crippen molar-refractivity contribution in [2.45, 2.75) is 0 Å². The molecule has 0 unspecified atom stereocenters. The summed E-state index contributed by atoms with van der Waals surface area (Å²) in [4.78, 5) is 0. The molecular weight excluding hydrogens is 212 g/mol. The lowest BCUT2D eigenvalue weighted by Gasteiger charge is -1.92. The lowest BCUT2D eigenvalue weighted by molar-refractivity contribution is 0.315. The summed E-state index contributed by atoms with van der Waals surface area (Å²) in [6, 6.07) is 3.16. The van der Waals surface area contributed by atoms with Crippen LogP contribution in [-0.2, 0) is 0 Å². The van der Waals surface area contributed by atoms with E-state index in [-0.39, 0.29) is 5.75 Å². The van der Waals surface area contributed by atoms with E-state index in [0.717, 1.165) is 0 Å². The maximum Gasteiger partial charge on any atom is 0.153 e. The Hall–Kier alpha value is -1.10. The molecule has 56 valence electrons. The highest BCUT2D eigenvalue weighted by Gasteiger charge is 2.07. The van der Waals surface area contributed by atoms with Gasteiger partial charge in [0.2, 0.25) is 0 Å². The number of phenols is 1. The summed E-state index contributed by atoms with van der Waals surface area (Å²) >= 11 is 3.15. The lowest BCUT2D eigenvalue weighted by Crippen LogP contribution is -1.72. The van der Waals surface area contributed by atoms with E-state index in [9.17, 15) is 5.11 Å². The van der Waals surface area contributed by atoms with Gasteiger partial charge >= 0.3 is 0 Å². The van der Waals surface area contributed by atoms with Crippen molar-refractivity contribution in [2.24, 2.45) is 0 Å². The minimum absolute atomic E-state index is 0.133. The average molecular weight is 215 g/mol. The van der Waals surface area contributed by atoms with Crippen LogP contribution in [0.4, 0.5) is 0 Å². The quantitative estimate of drug-likeness (QED) is 0.726. The van der Waals surface area contributed by atoms with Crippen molar-refractivity contribution in [3.8, 4) is 5.75 Å². The first-order chi connectivity index (χ1) is 5.29. The van der Waals surface area contributed by atoms with E-state index < -0.39 is 0 Å². The van der Waals surface area contributed by atoms with Gasteiger partial charge in [-0.1, -0.05) is 0 Å². The van der Waals surface area contributed by atoms with Gasteiger partial charge in [-0.2, -0.15) is 0 Å². The first kappa shape index (κ1) is 6.60. The summed E-state index contributed by atoms with van der Waals surface area (Å²) in [6.07, 6.45) is 0. The molecule has 0 fully saturated rings. The van der Waals surface area contributed by atoms with E-state index in [2.05, 4.69) is 30.9 Å². The van der Waals surface area contributed by atoms with E-state index in [4.69, 9.17) is 0 Å². The van der Waals surface area contributed by atoms with Gasteiger partial charge in [0.25, 0.3) is 0 Å². The molecule has 0 atom stereocenters. The summed E-state index contributed by atoms with van der Waals surface area (Å²) < 4.78 is 4.97. The third-order valence-electron chi connectivity index (χ3n) is 1.35. The predicted molar refractivity (Wildman–Crippen MR) is 41.2 cm³/mol. The van der Waals surface area contributed by atoms with Gasteiger partial charge in [0.1, 0.15) is 11.3 Å². The van der Waals surface area contributed by atoms with Crippen LogP contribution in [-0.4, -0.2) is 15.4 Å². The zero-order valence-corrected chi connectivity index (χ0v) is 6.87. The highest BCUT2D eigenvalue weighted by molar-refractivity contribution is 9.10. The van der Waals surface area contributed by atoms with Gasteiger partial charge in [-0.15, -0.1) is 0 Å². The fourth-order valence-electron chi connectivity index (χ4n) is 0.809. The van der Waals surface area contributed by atoms with Crippen molar-refractivity contribution >= 4 is 27.0 Å². The molecule has 1 aromatic heterocycles. The number of halogens is 1. The number of aromatic nitrogens is 2. The second-order valence-electron chi connectivity index (χ2n) is 2.03. The Kier molecular flexibility index (Phi) is 1.32. The minimum Gasteiger partial charge on any atom is -0.507 e. The van der Waals surface area contributed by atoms with Crippen LogP contribution in [0.2, 0.25) is 0 Å². The number of aromatic hydroxyl groups is 1. The summed E-state index contributed by atoms with van der Waals surface area (Å²) in [5.41, 5.74) is 1.15. The van der Waals surface area contributed by atoms with Gasteiger partial charge < -0.3 is 5.11 Å². The summed E-state index contributed by atoms with van der Waals surface area (Å²) in [6.45, 7) is 0. The van der Waals surface area contributed by atoms with E-state index in [1.54, 1.807) is 6.07 Å². The highest BCUT2D eigenvalue weighted by Crippen LogP contribution is 2.29. The molecular formula is C6H3BrN2O2. The first-order valence-corrected chi connectivity index (χ1v) is 3.68. The van der Waals surface area contributed by atoms with Gasteiger partial charge in [-0.05, 0) is 38.4 Å². The van der Waals surface area contributed by atoms with Gasteiger partial charge in [-0.3, -0.25) is 0 Å². The molecule has 0 bridgehead atoms. The third kappa shape index (κ3) is 0.883. The second kappa shape index (κ2) is 2.20. The molecule has 1 heterocycles. The molecule has 11 heavy (non-hydrogen) atoms. The van der Waals surface area contributed by atoms with Gasteiger partial charge in [0, 0.05) is 0 Å². The molecule has 0 saturated carbocycles. The van der Waals surface area contributed by atoms with Crippen LogP contribution < -0.4 is 0 Å². The van der Waals surface area contributed by atoms with Gasteiger partial charge in [-0.25, -0.2) is 4.63 Å². The van der Waals surface area contributed by atoms with Crippen LogP contribution in [0.1, 0.15) is 0 Å². The molecule has 0 radical (unpaired) electrons. The maximum absolute atomic E-state index is 9.18. The van der Waals surface area contributed by atoms with Crippen molar-refractivity contribution in [3.63, 3.8) is 0 Å². The van der Waals surface area contributed by atoms with Crippen molar-refractivity contribution in [1.82, 2.24) is 10.3 Å². The molecule has 4 nitrogen and oxygen atoms in total. The Morgan fingerprint density at radius 1 is 1.36 bits per heavy atom. The third-order valence-corrected chi connectivity index (χ3v) is 2.13. The molecule has 0 amide bonds. The largest absolute Gasteiger partial charge is 0.507 e. The van der Waals surface area contributed by atoms with E-state index in [1.807, 2.05) is 0 Å². The molecule has 1 N–H and O–H groups in total.